The summed E-state index contributed by atoms with van der Waals surface area (Å²) >= 11 is 0. The lowest BCUT2D eigenvalue weighted by atomic mass is 10.1. The van der Waals surface area contributed by atoms with E-state index in [0.717, 1.165) is 27.9 Å². The first kappa shape index (κ1) is 11.7. The molecule has 19 heavy (non-hydrogen) atoms. The second kappa shape index (κ2) is 5.12. The largest absolute Gasteiger partial charge is 0.486 e. The van der Waals surface area contributed by atoms with Crippen LogP contribution < -0.4 is 10.5 Å². The number of hydrogen-bond donors (Lipinski definition) is 2. The van der Waals surface area contributed by atoms with Crippen molar-refractivity contribution in [3.05, 3.63) is 60.0 Å². The Hall–Kier alpha value is -2.33. The number of ether oxygens (including phenoxy) is 1. The summed E-state index contributed by atoms with van der Waals surface area (Å²) in [5, 5.41) is 1.16. The Morgan fingerprint density at radius 1 is 1.21 bits per heavy atom. The zero-order valence-corrected chi connectivity index (χ0v) is 10.5. The number of fused-ring (bicyclic) bond motifs is 1. The number of aromatic amines is 1. The molecular weight excluding hydrogens is 238 g/mol. The highest BCUT2D eigenvalue weighted by molar-refractivity contribution is 5.81. The fourth-order valence-electron chi connectivity index (χ4n) is 2.04. The summed E-state index contributed by atoms with van der Waals surface area (Å²) in [7, 11) is 0. The van der Waals surface area contributed by atoms with Crippen LogP contribution in [0.2, 0.25) is 0 Å². The van der Waals surface area contributed by atoms with Gasteiger partial charge in [-0.05, 0) is 35.9 Å². The van der Waals surface area contributed by atoms with Crippen molar-refractivity contribution < 1.29 is 4.74 Å². The third kappa shape index (κ3) is 2.58. The molecule has 0 atom stereocenters. The molecule has 1 aromatic carbocycles. The molecule has 2 aromatic heterocycles. The number of nitrogens with zero attached hydrogens (tertiary/aromatic N) is 1. The Morgan fingerprint density at radius 3 is 2.95 bits per heavy atom. The summed E-state index contributed by atoms with van der Waals surface area (Å²) in [6.07, 6.45) is 3.43. The SMILES string of the molecule is NCc1ccc2[nH]c(COc3cccnc3)cc2c1. The van der Waals surface area contributed by atoms with Gasteiger partial charge in [-0.2, -0.15) is 0 Å². The number of H-pyrrole nitrogens is 1. The van der Waals surface area contributed by atoms with Gasteiger partial charge in [-0.3, -0.25) is 4.98 Å². The standard InChI is InChI=1S/C15H15N3O/c16-8-11-3-4-15-12(6-11)7-13(18-15)10-19-14-2-1-5-17-9-14/h1-7,9,18H,8,10,16H2. The molecule has 0 fully saturated rings. The van der Waals surface area contributed by atoms with Gasteiger partial charge in [-0.1, -0.05) is 6.07 Å². The maximum atomic E-state index is 5.66. The fraction of sp³-hybridized carbons (Fsp3) is 0.133. The van der Waals surface area contributed by atoms with E-state index in [2.05, 4.69) is 22.1 Å². The van der Waals surface area contributed by atoms with Crippen LogP contribution in [-0.2, 0) is 13.2 Å². The van der Waals surface area contributed by atoms with Gasteiger partial charge in [0.15, 0.2) is 0 Å². The zero-order chi connectivity index (χ0) is 13.1. The van der Waals surface area contributed by atoms with Crippen molar-refractivity contribution in [2.45, 2.75) is 13.2 Å². The molecule has 0 aliphatic rings. The van der Waals surface area contributed by atoms with Gasteiger partial charge in [-0.25, -0.2) is 0 Å². The summed E-state index contributed by atoms with van der Waals surface area (Å²) in [6, 6.07) is 12.0. The average molecular weight is 253 g/mol. The smallest absolute Gasteiger partial charge is 0.138 e. The number of pyridine rings is 1. The van der Waals surface area contributed by atoms with Gasteiger partial charge < -0.3 is 15.5 Å². The van der Waals surface area contributed by atoms with Crippen molar-refractivity contribution in [3.63, 3.8) is 0 Å². The van der Waals surface area contributed by atoms with E-state index in [4.69, 9.17) is 10.5 Å². The van der Waals surface area contributed by atoms with E-state index in [9.17, 15) is 0 Å². The van der Waals surface area contributed by atoms with Gasteiger partial charge in [0.05, 0.1) is 11.9 Å². The molecule has 3 N–H and O–H groups in total. The first-order valence-electron chi connectivity index (χ1n) is 6.18. The van der Waals surface area contributed by atoms with E-state index in [-0.39, 0.29) is 0 Å². The Bertz CT molecular complexity index is 676. The Kier molecular flexibility index (Phi) is 3.16. The topological polar surface area (TPSA) is 63.9 Å². The molecule has 0 amide bonds. The third-order valence-corrected chi connectivity index (χ3v) is 3.01. The highest BCUT2D eigenvalue weighted by atomic mass is 16.5. The molecule has 3 aromatic rings. The highest BCUT2D eigenvalue weighted by Gasteiger charge is 2.02. The second-order valence-corrected chi connectivity index (χ2v) is 4.40. The van der Waals surface area contributed by atoms with Crippen LogP contribution in [0.15, 0.2) is 48.8 Å². The molecule has 2 heterocycles. The molecule has 96 valence electrons. The molecule has 0 bridgehead atoms. The zero-order valence-electron chi connectivity index (χ0n) is 10.5. The Morgan fingerprint density at radius 2 is 2.16 bits per heavy atom. The molecule has 0 saturated heterocycles. The van der Waals surface area contributed by atoms with Crippen LogP contribution >= 0.6 is 0 Å². The van der Waals surface area contributed by atoms with Crippen LogP contribution in [0.5, 0.6) is 5.75 Å². The van der Waals surface area contributed by atoms with Crippen molar-refractivity contribution in [1.82, 2.24) is 9.97 Å². The van der Waals surface area contributed by atoms with Crippen molar-refractivity contribution in [1.29, 1.82) is 0 Å². The summed E-state index contributed by atoms with van der Waals surface area (Å²) < 4.78 is 5.66. The molecule has 4 nitrogen and oxygen atoms in total. The Balaban J connectivity index is 1.78. The number of nitrogens with one attached hydrogen (secondary N) is 1. The van der Waals surface area contributed by atoms with Crippen LogP contribution in [0.4, 0.5) is 0 Å². The molecule has 0 radical (unpaired) electrons. The molecule has 0 unspecified atom stereocenters. The van der Waals surface area contributed by atoms with Crippen LogP contribution in [0, 0.1) is 0 Å². The maximum Gasteiger partial charge on any atom is 0.138 e. The van der Waals surface area contributed by atoms with Crippen molar-refractivity contribution in [2.75, 3.05) is 0 Å². The molecule has 0 spiro atoms. The number of aromatic nitrogens is 2. The minimum Gasteiger partial charge on any atom is -0.486 e. The van der Waals surface area contributed by atoms with Crippen molar-refractivity contribution >= 4 is 10.9 Å². The number of benzene rings is 1. The van der Waals surface area contributed by atoms with E-state index in [1.807, 2.05) is 24.3 Å². The first-order chi connectivity index (χ1) is 9.35. The monoisotopic (exact) mass is 253 g/mol. The summed E-state index contributed by atoms with van der Waals surface area (Å²) in [5.74, 6) is 0.767. The highest BCUT2D eigenvalue weighted by Crippen LogP contribution is 2.18. The van der Waals surface area contributed by atoms with Crippen LogP contribution in [0.25, 0.3) is 10.9 Å². The third-order valence-electron chi connectivity index (χ3n) is 3.01. The number of nitrogens with two attached hydrogens (primary N) is 1. The molecule has 0 aliphatic heterocycles. The van der Waals surface area contributed by atoms with Crippen molar-refractivity contribution in [2.24, 2.45) is 5.73 Å². The predicted octanol–water partition coefficient (Wildman–Crippen LogP) is 2.60. The van der Waals surface area contributed by atoms with Crippen LogP contribution in [-0.4, -0.2) is 9.97 Å². The maximum absolute atomic E-state index is 5.66. The minimum atomic E-state index is 0.498. The van der Waals surface area contributed by atoms with Crippen molar-refractivity contribution in [3.8, 4) is 5.75 Å². The van der Waals surface area contributed by atoms with Gasteiger partial charge in [-0.15, -0.1) is 0 Å². The van der Waals surface area contributed by atoms with Gasteiger partial charge in [0.2, 0.25) is 0 Å². The quantitative estimate of drug-likeness (QED) is 0.751. The second-order valence-electron chi connectivity index (χ2n) is 4.40. The fourth-order valence-corrected chi connectivity index (χ4v) is 2.04. The first-order valence-corrected chi connectivity index (χ1v) is 6.18. The van der Waals surface area contributed by atoms with E-state index >= 15 is 0 Å². The molecule has 0 aliphatic carbocycles. The number of hydrogen-bond acceptors (Lipinski definition) is 3. The summed E-state index contributed by atoms with van der Waals surface area (Å²) in [4.78, 5) is 7.34. The van der Waals surface area contributed by atoms with Gasteiger partial charge in [0, 0.05) is 23.6 Å². The van der Waals surface area contributed by atoms with E-state index in [1.54, 1.807) is 12.4 Å². The normalized spacial score (nSPS) is 10.8. The predicted molar refractivity (Wildman–Crippen MR) is 74.8 cm³/mol. The lowest BCUT2D eigenvalue weighted by Crippen LogP contribution is -1.95. The molecule has 3 rings (SSSR count). The van der Waals surface area contributed by atoms with Crippen LogP contribution in [0.1, 0.15) is 11.3 Å². The minimum absolute atomic E-state index is 0.498. The van der Waals surface area contributed by atoms with Gasteiger partial charge in [0.25, 0.3) is 0 Å². The van der Waals surface area contributed by atoms with Gasteiger partial charge >= 0.3 is 0 Å². The van der Waals surface area contributed by atoms with E-state index in [0.29, 0.717) is 13.2 Å². The van der Waals surface area contributed by atoms with E-state index in [1.165, 1.54) is 0 Å². The van der Waals surface area contributed by atoms with Crippen LogP contribution in [0.3, 0.4) is 0 Å². The molecular formula is C15H15N3O. The lowest BCUT2D eigenvalue weighted by molar-refractivity contribution is 0.301. The Labute approximate surface area is 111 Å². The number of rotatable bonds is 4. The van der Waals surface area contributed by atoms with E-state index < -0.39 is 0 Å². The average Bonchev–Trinajstić information content (AvgIpc) is 2.88. The molecule has 4 heteroatoms. The molecule has 0 saturated carbocycles. The lowest BCUT2D eigenvalue weighted by Gasteiger charge is -2.02. The summed E-state index contributed by atoms with van der Waals surface area (Å²) in [5.41, 5.74) is 8.91. The summed E-state index contributed by atoms with van der Waals surface area (Å²) in [6.45, 7) is 1.06. The van der Waals surface area contributed by atoms with Gasteiger partial charge in [0.1, 0.15) is 12.4 Å².